The van der Waals surface area contributed by atoms with Crippen molar-refractivity contribution in [3.63, 3.8) is 0 Å². The molecule has 4 rings (SSSR count). The van der Waals surface area contributed by atoms with Crippen molar-refractivity contribution >= 4 is 17.2 Å². The highest BCUT2D eigenvalue weighted by molar-refractivity contribution is 5.69. The summed E-state index contributed by atoms with van der Waals surface area (Å²) in [6, 6.07) is 16.5. The molecule has 1 aliphatic rings. The summed E-state index contributed by atoms with van der Waals surface area (Å²) in [5.74, 6) is 1.88. The van der Waals surface area contributed by atoms with Crippen LogP contribution in [-0.4, -0.2) is 36.1 Å². The molecular weight excluding hydrogens is 350 g/mol. The fourth-order valence-corrected chi connectivity index (χ4v) is 3.62. The number of aromatic nitrogens is 2. The number of nitrogens with two attached hydrogens (primary N) is 1. The van der Waals surface area contributed by atoms with E-state index in [2.05, 4.69) is 50.1 Å². The minimum atomic E-state index is 0.403. The number of nitrogen functional groups attached to an aromatic ring is 1. The van der Waals surface area contributed by atoms with Crippen molar-refractivity contribution < 1.29 is 4.74 Å². The topological polar surface area (TPSA) is 67.5 Å². The van der Waals surface area contributed by atoms with Gasteiger partial charge in [-0.1, -0.05) is 24.3 Å². The first-order chi connectivity index (χ1) is 13.6. The zero-order chi connectivity index (χ0) is 19.5. The number of aryl methyl sites for hydroxylation is 2. The van der Waals surface area contributed by atoms with Gasteiger partial charge >= 0.3 is 0 Å². The molecule has 2 heterocycles. The Bertz CT molecular complexity index is 932. The van der Waals surface area contributed by atoms with Gasteiger partial charge in [0.25, 0.3) is 0 Å². The molecule has 6 heteroatoms. The van der Waals surface area contributed by atoms with Gasteiger partial charge in [0.05, 0.1) is 0 Å². The fourth-order valence-electron chi connectivity index (χ4n) is 3.62. The van der Waals surface area contributed by atoms with E-state index in [0.717, 1.165) is 48.9 Å². The van der Waals surface area contributed by atoms with Gasteiger partial charge in [-0.3, -0.25) is 0 Å². The van der Waals surface area contributed by atoms with E-state index in [9.17, 15) is 0 Å². The maximum absolute atomic E-state index is 6.38. The number of hydrogen-bond donors (Lipinski definition) is 1. The normalized spacial score (nSPS) is 14.2. The van der Waals surface area contributed by atoms with Gasteiger partial charge < -0.3 is 20.3 Å². The highest BCUT2D eigenvalue weighted by Crippen LogP contribution is 2.32. The number of benzene rings is 2. The Hall–Kier alpha value is -3.28. The molecule has 0 spiro atoms. The van der Waals surface area contributed by atoms with E-state index >= 15 is 0 Å². The SMILES string of the molecule is Cc1cc(C)cc(Oc2ncnc(N3CCN(c4ccccc4)CC3)c2N)c1. The highest BCUT2D eigenvalue weighted by atomic mass is 16.5. The quantitative estimate of drug-likeness (QED) is 0.748. The molecule has 2 N–H and O–H groups in total. The fraction of sp³-hybridized carbons (Fsp3) is 0.273. The van der Waals surface area contributed by atoms with Crippen LogP contribution in [0.1, 0.15) is 11.1 Å². The summed E-state index contributed by atoms with van der Waals surface area (Å²) in [4.78, 5) is 13.3. The maximum Gasteiger partial charge on any atom is 0.248 e. The van der Waals surface area contributed by atoms with Crippen molar-refractivity contribution in [3.05, 3.63) is 66.0 Å². The molecule has 0 saturated carbocycles. The third-order valence-corrected chi connectivity index (χ3v) is 4.94. The van der Waals surface area contributed by atoms with Crippen LogP contribution in [-0.2, 0) is 0 Å². The summed E-state index contributed by atoms with van der Waals surface area (Å²) in [7, 11) is 0. The molecule has 0 aliphatic carbocycles. The second kappa shape index (κ2) is 7.76. The predicted octanol–water partition coefficient (Wildman–Crippen LogP) is 3.79. The van der Waals surface area contributed by atoms with Crippen molar-refractivity contribution in [1.82, 2.24) is 9.97 Å². The van der Waals surface area contributed by atoms with Crippen molar-refractivity contribution in [1.29, 1.82) is 0 Å². The number of ether oxygens (including phenoxy) is 1. The van der Waals surface area contributed by atoms with Crippen molar-refractivity contribution in [2.24, 2.45) is 0 Å². The van der Waals surface area contributed by atoms with Crippen LogP contribution in [0.2, 0.25) is 0 Å². The Kier molecular flexibility index (Phi) is 5.02. The summed E-state index contributed by atoms with van der Waals surface area (Å²) in [5.41, 5.74) is 10.4. The summed E-state index contributed by atoms with van der Waals surface area (Å²) < 4.78 is 5.98. The van der Waals surface area contributed by atoms with Gasteiger partial charge in [0.15, 0.2) is 5.82 Å². The first kappa shape index (κ1) is 18.1. The lowest BCUT2D eigenvalue weighted by Crippen LogP contribution is -2.47. The first-order valence-electron chi connectivity index (χ1n) is 9.52. The monoisotopic (exact) mass is 375 g/mol. The molecule has 144 valence electrons. The minimum Gasteiger partial charge on any atom is -0.437 e. The molecule has 0 radical (unpaired) electrons. The van der Waals surface area contributed by atoms with Crippen LogP contribution in [0.5, 0.6) is 11.6 Å². The smallest absolute Gasteiger partial charge is 0.248 e. The molecule has 6 nitrogen and oxygen atoms in total. The minimum absolute atomic E-state index is 0.403. The molecule has 0 bridgehead atoms. The van der Waals surface area contributed by atoms with Crippen molar-refractivity contribution in [2.45, 2.75) is 13.8 Å². The van der Waals surface area contributed by atoms with Gasteiger partial charge in [0, 0.05) is 31.9 Å². The lowest BCUT2D eigenvalue weighted by Gasteiger charge is -2.37. The molecule has 1 saturated heterocycles. The number of piperazine rings is 1. The van der Waals surface area contributed by atoms with E-state index in [1.165, 1.54) is 12.0 Å². The van der Waals surface area contributed by atoms with Gasteiger partial charge in [-0.25, -0.2) is 4.98 Å². The maximum atomic E-state index is 6.38. The molecule has 1 fully saturated rings. The van der Waals surface area contributed by atoms with Crippen LogP contribution in [0.4, 0.5) is 17.2 Å². The molecule has 28 heavy (non-hydrogen) atoms. The molecule has 0 amide bonds. The van der Waals surface area contributed by atoms with Crippen LogP contribution < -0.4 is 20.3 Å². The predicted molar refractivity (Wildman–Crippen MR) is 113 cm³/mol. The Morgan fingerprint density at radius 1 is 0.857 bits per heavy atom. The average Bonchev–Trinajstić information content (AvgIpc) is 2.70. The van der Waals surface area contributed by atoms with E-state index in [1.54, 1.807) is 0 Å². The van der Waals surface area contributed by atoms with Gasteiger partial charge in [-0.15, -0.1) is 0 Å². The second-order valence-electron chi connectivity index (χ2n) is 7.15. The zero-order valence-corrected chi connectivity index (χ0v) is 16.3. The van der Waals surface area contributed by atoms with Gasteiger partial charge in [0.2, 0.25) is 5.88 Å². The van der Waals surface area contributed by atoms with E-state index in [-0.39, 0.29) is 0 Å². The van der Waals surface area contributed by atoms with Crippen LogP contribution in [0.3, 0.4) is 0 Å². The lowest BCUT2D eigenvalue weighted by atomic mass is 10.1. The molecule has 1 aromatic heterocycles. The Morgan fingerprint density at radius 2 is 1.50 bits per heavy atom. The molecule has 3 aromatic rings. The summed E-state index contributed by atoms with van der Waals surface area (Å²) >= 11 is 0. The largest absolute Gasteiger partial charge is 0.437 e. The number of rotatable bonds is 4. The summed E-state index contributed by atoms with van der Waals surface area (Å²) in [5, 5.41) is 0. The third-order valence-electron chi connectivity index (χ3n) is 4.94. The van der Waals surface area contributed by atoms with E-state index < -0.39 is 0 Å². The molecule has 0 atom stereocenters. The number of nitrogens with zero attached hydrogens (tertiary/aromatic N) is 4. The van der Waals surface area contributed by atoms with E-state index in [0.29, 0.717) is 11.6 Å². The first-order valence-corrected chi connectivity index (χ1v) is 9.52. The number of anilines is 3. The zero-order valence-electron chi connectivity index (χ0n) is 16.3. The Morgan fingerprint density at radius 3 is 2.18 bits per heavy atom. The lowest BCUT2D eigenvalue weighted by molar-refractivity contribution is 0.463. The summed E-state index contributed by atoms with van der Waals surface area (Å²) in [6.07, 6.45) is 1.52. The van der Waals surface area contributed by atoms with Crippen LogP contribution in [0.15, 0.2) is 54.9 Å². The van der Waals surface area contributed by atoms with Crippen molar-refractivity contribution in [3.8, 4) is 11.6 Å². The molecular formula is C22H25N5O. The van der Waals surface area contributed by atoms with Gasteiger partial charge in [-0.05, 0) is 49.2 Å². The highest BCUT2D eigenvalue weighted by Gasteiger charge is 2.22. The Labute approximate surface area is 165 Å². The molecule has 0 unspecified atom stereocenters. The summed E-state index contributed by atoms with van der Waals surface area (Å²) in [6.45, 7) is 7.61. The van der Waals surface area contributed by atoms with Crippen LogP contribution >= 0.6 is 0 Å². The standard InChI is InChI=1S/C22H25N5O/c1-16-12-17(2)14-19(13-16)28-22-20(23)21(24-15-25-22)27-10-8-26(9-11-27)18-6-4-3-5-7-18/h3-7,12-15H,8-11,23H2,1-2H3. The second-order valence-corrected chi connectivity index (χ2v) is 7.15. The Balaban J connectivity index is 1.49. The van der Waals surface area contributed by atoms with Crippen molar-refractivity contribution in [2.75, 3.05) is 41.7 Å². The number of hydrogen-bond acceptors (Lipinski definition) is 6. The van der Waals surface area contributed by atoms with Gasteiger partial charge in [-0.2, -0.15) is 4.98 Å². The number of para-hydroxylation sites is 1. The van der Waals surface area contributed by atoms with Crippen LogP contribution in [0.25, 0.3) is 0 Å². The van der Waals surface area contributed by atoms with Crippen LogP contribution in [0, 0.1) is 13.8 Å². The molecule has 2 aromatic carbocycles. The van der Waals surface area contributed by atoms with Gasteiger partial charge in [0.1, 0.15) is 17.8 Å². The molecule has 1 aliphatic heterocycles. The van der Waals surface area contributed by atoms with E-state index in [1.807, 2.05) is 32.0 Å². The van der Waals surface area contributed by atoms with E-state index in [4.69, 9.17) is 10.5 Å². The average molecular weight is 375 g/mol. The third kappa shape index (κ3) is 3.86.